The molecular formula is C18H22BrNO3. The van der Waals surface area contributed by atoms with E-state index in [4.69, 9.17) is 4.74 Å². The van der Waals surface area contributed by atoms with E-state index in [1.54, 1.807) is 0 Å². The molecule has 2 fully saturated rings. The second-order valence-corrected chi connectivity index (χ2v) is 7.94. The van der Waals surface area contributed by atoms with Crippen LogP contribution in [0.2, 0.25) is 0 Å². The quantitative estimate of drug-likeness (QED) is 0.871. The number of carboxylic acid groups (broad SMARTS) is 1. The smallest absolute Gasteiger partial charge is 0.320 e. The molecule has 4 nitrogen and oxygen atoms in total. The fourth-order valence-corrected chi connectivity index (χ4v) is 5.24. The van der Waals surface area contributed by atoms with Crippen LogP contribution in [0.1, 0.15) is 43.2 Å². The van der Waals surface area contributed by atoms with Crippen LogP contribution >= 0.6 is 15.9 Å². The first-order valence-corrected chi connectivity index (χ1v) is 9.35. The molecular weight excluding hydrogens is 358 g/mol. The average molecular weight is 380 g/mol. The topological polar surface area (TPSA) is 49.8 Å². The highest BCUT2D eigenvalue weighted by atomic mass is 79.9. The minimum atomic E-state index is -0.674. The highest BCUT2D eigenvalue weighted by Gasteiger charge is 2.45. The summed E-state index contributed by atoms with van der Waals surface area (Å²) in [5.41, 5.74) is 2.37. The summed E-state index contributed by atoms with van der Waals surface area (Å²) in [6.07, 6.45) is 6.52. The largest absolute Gasteiger partial charge is 0.493 e. The SMILES string of the molecule is O=C(O)C1CC2CCCCC2N1Cc1cc(Br)cc2c1OCC2. The Kier molecular flexibility index (Phi) is 4.10. The number of hydrogen-bond acceptors (Lipinski definition) is 3. The maximum Gasteiger partial charge on any atom is 0.320 e. The van der Waals surface area contributed by atoms with E-state index in [0.29, 0.717) is 18.5 Å². The van der Waals surface area contributed by atoms with Crippen molar-refractivity contribution in [3.63, 3.8) is 0 Å². The molecule has 1 aromatic rings. The predicted molar refractivity (Wildman–Crippen MR) is 90.7 cm³/mol. The number of likely N-dealkylation sites (tertiary alicyclic amines) is 1. The molecule has 2 aliphatic heterocycles. The van der Waals surface area contributed by atoms with Gasteiger partial charge in [0.1, 0.15) is 11.8 Å². The number of rotatable bonds is 3. The van der Waals surface area contributed by atoms with Gasteiger partial charge in [-0.1, -0.05) is 28.8 Å². The zero-order chi connectivity index (χ0) is 16.0. The number of fused-ring (bicyclic) bond motifs is 2. The fourth-order valence-electron chi connectivity index (χ4n) is 4.68. The molecule has 2 heterocycles. The Hall–Kier alpha value is -1.07. The van der Waals surface area contributed by atoms with Gasteiger partial charge in [0, 0.05) is 29.0 Å². The van der Waals surface area contributed by atoms with E-state index >= 15 is 0 Å². The number of halogens is 1. The van der Waals surface area contributed by atoms with Crippen molar-refractivity contribution in [3.05, 3.63) is 27.7 Å². The summed E-state index contributed by atoms with van der Waals surface area (Å²) in [5.74, 6) is 0.856. The first-order chi connectivity index (χ1) is 11.1. The van der Waals surface area contributed by atoms with Crippen molar-refractivity contribution >= 4 is 21.9 Å². The van der Waals surface area contributed by atoms with Crippen molar-refractivity contribution in [1.82, 2.24) is 4.90 Å². The standard InChI is InChI=1S/C18H22BrNO3/c19-14-7-12-5-6-23-17(12)13(8-14)10-20-15-4-2-1-3-11(15)9-16(20)18(21)22/h7-8,11,15-16H,1-6,9-10H2,(H,21,22). The fraction of sp³-hybridized carbons (Fsp3) is 0.611. The number of nitrogens with zero attached hydrogens (tertiary/aromatic N) is 1. The molecule has 0 spiro atoms. The summed E-state index contributed by atoms with van der Waals surface area (Å²) in [6.45, 7) is 1.41. The summed E-state index contributed by atoms with van der Waals surface area (Å²) in [6, 6.07) is 4.28. The maximum atomic E-state index is 11.8. The second kappa shape index (κ2) is 6.10. The van der Waals surface area contributed by atoms with Gasteiger partial charge in [-0.25, -0.2) is 0 Å². The molecule has 0 aromatic heterocycles. The van der Waals surface area contributed by atoms with E-state index in [2.05, 4.69) is 33.0 Å². The molecule has 0 radical (unpaired) electrons. The van der Waals surface area contributed by atoms with Crippen LogP contribution in [0.25, 0.3) is 0 Å². The summed E-state index contributed by atoms with van der Waals surface area (Å²) in [4.78, 5) is 14.0. The van der Waals surface area contributed by atoms with Crippen LogP contribution in [-0.2, 0) is 17.8 Å². The van der Waals surface area contributed by atoms with Gasteiger partial charge in [-0.05, 0) is 42.9 Å². The monoisotopic (exact) mass is 379 g/mol. The Labute approximate surface area is 144 Å². The molecule has 3 aliphatic rings. The molecule has 1 aliphatic carbocycles. The molecule has 5 heteroatoms. The lowest BCUT2D eigenvalue weighted by Crippen LogP contribution is -2.41. The van der Waals surface area contributed by atoms with Crippen molar-refractivity contribution in [2.24, 2.45) is 5.92 Å². The number of benzene rings is 1. The zero-order valence-corrected chi connectivity index (χ0v) is 14.7. The number of aliphatic carboxylic acids is 1. The van der Waals surface area contributed by atoms with Crippen LogP contribution in [0.3, 0.4) is 0 Å². The van der Waals surface area contributed by atoms with Gasteiger partial charge in [0.05, 0.1) is 6.61 Å². The van der Waals surface area contributed by atoms with E-state index in [0.717, 1.165) is 41.7 Å². The van der Waals surface area contributed by atoms with Crippen molar-refractivity contribution in [3.8, 4) is 5.75 Å². The molecule has 3 unspecified atom stereocenters. The summed E-state index contributed by atoms with van der Waals surface area (Å²) in [7, 11) is 0. The molecule has 3 atom stereocenters. The van der Waals surface area contributed by atoms with Crippen molar-refractivity contribution in [2.45, 2.75) is 57.2 Å². The number of ether oxygens (including phenoxy) is 1. The number of carbonyl (C=O) groups is 1. The molecule has 124 valence electrons. The van der Waals surface area contributed by atoms with E-state index in [9.17, 15) is 9.90 Å². The van der Waals surface area contributed by atoms with E-state index in [-0.39, 0.29) is 6.04 Å². The first-order valence-electron chi connectivity index (χ1n) is 8.56. The van der Waals surface area contributed by atoms with Gasteiger partial charge in [0.2, 0.25) is 0 Å². The maximum absolute atomic E-state index is 11.8. The predicted octanol–water partition coefficient (Wildman–Crippen LogP) is 3.60. The van der Waals surface area contributed by atoms with E-state index < -0.39 is 5.97 Å². The number of carboxylic acids is 1. The minimum absolute atomic E-state index is 0.348. The lowest BCUT2D eigenvalue weighted by molar-refractivity contribution is -0.142. The third-order valence-electron chi connectivity index (χ3n) is 5.68. The molecule has 1 aromatic carbocycles. The normalized spacial score (nSPS) is 29.9. The Morgan fingerprint density at radius 1 is 1.35 bits per heavy atom. The van der Waals surface area contributed by atoms with Crippen LogP contribution in [-0.4, -0.2) is 34.7 Å². The zero-order valence-electron chi connectivity index (χ0n) is 13.1. The van der Waals surface area contributed by atoms with Gasteiger partial charge in [-0.3, -0.25) is 9.69 Å². The van der Waals surface area contributed by atoms with Gasteiger partial charge < -0.3 is 9.84 Å². The molecule has 4 rings (SSSR count). The number of hydrogen-bond donors (Lipinski definition) is 1. The van der Waals surface area contributed by atoms with Crippen molar-refractivity contribution < 1.29 is 14.6 Å². The molecule has 23 heavy (non-hydrogen) atoms. The Morgan fingerprint density at radius 3 is 3.00 bits per heavy atom. The lowest BCUT2D eigenvalue weighted by atomic mass is 9.84. The third kappa shape index (κ3) is 2.78. The van der Waals surface area contributed by atoms with Crippen LogP contribution < -0.4 is 4.74 Å². The van der Waals surface area contributed by atoms with Crippen molar-refractivity contribution in [1.29, 1.82) is 0 Å². The van der Waals surface area contributed by atoms with Crippen LogP contribution in [0.15, 0.2) is 16.6 Å². The highest BCUT2D eigenvalue weighted by molar-refractivity contribution is 9.10. The third-order valence-corrected chi connectivity index (χ3v) is 6.14. The minimum Gasteiger partial charge on any atom is -0.493 e. The van der Waals surface area contributed by atoms with Gasteiger partial charge in [0.15, 0.2) is 0 Å². The molecule has 1 N–H and O–H groups in total. The van der Waals surface area contributed by atoms with Gasteiger partial charge >= 0.3 is 5.97 Å². The molecule has 1 saturated carbocycles. The molecule has 1 saturated heterocycles. The average Bonchev–Trinajstić information content (AvgIpc) is 3.12. The highest BCUT2D eigenvalue weighted by Crippen LogP contribution is 2.42. The summed E-state index contributed by atoms with van der Waals surface area (Å²) in [5, 5.41) is 9.67. The molecule has 0 amide bonds. The van der Waals surface area contributed by atoms with Gasteiger partial charge in [-0.2, -0.15) is 0 Å². The molecule has 0 bridgehead atoms. The van der Waals surface area contributed by atoms with Gasteiger partial charge in [-0.15, -0.1) is 0 Å². The van der Waals surface area contributed by atoms with E-state index in [1.807, 2.05) is 0 Å². The Morgan fingerprint density at radius 2 is 2.17 bits per heavy atom. The first kappa shape index (κ1) is 15.5. The summed E-state index contributed by atoms with van der Waals surface area (Å²) < 4.78 is 6.89. The van der Waals surface area contributed by atoms with Crippen LogP contribution in [0, 0.1) is 5.92 Å². The summed E-state index contributed by atoms with van der Waals surface area (Å²) >= 11 is 3.59. The van der Waals surface area contributed by atoms with Gasteiger partial charge in [0.25, 0.3) is 0 Å². The Bertz CT molecular complexity index is 633. The van der Waals surface area contributed by atoms with Crippen molar-refractivity contribution in [2.75, 3.05) is 6.61 Å². The van der Waals surface area contributed by atoms with Crippen LogP contribution in [0.4, 0.5) is 0 Å². The van der Waals surface area contributed by atoms with E-state index in [1.165, 1.54) is 24.8 Å². The second-order valence-electron chi connectivity index (χ2n) is 7.03. The van der Waals surface area contributed by atoms with Crippen LogP contribution in [0.5, 0.6) is 5.75 Å². The Balaban J connectivity index is 1.65. The lowest BCUT2D eigenvalue weighted by Gasteiger charge is -2.33.